The number of ether oxygens (including phenoxy) is 1. The summed E-state index contributed by atoms with van der Waals surface area (Å²) in [6, 6.07) is 0.441. The van der Waals surface area contributed by atoms with Crippen molar-refractivity contribution in [2.45, 2.75) is 51.1 Å². The van der Waals surface area contributed by atoms with Gasteiger partial charge in [0.05, 0.1) is 6.61 Å². The van der Waals surface area contributed by atoms with Crippen LogP contribution in [0.25, 0.3) is 0 Å². The maximum Gasteiger partial charge on any atom is 0.325 e. The highest BCUT2D eigenvalue weighted by Crippen LogP contribution is 2.42. The van der Waals surface area contributed by atoms with Crippen LogP contribution in [0.15, 0.2) is 0 Å². The fourth-order valence-electron chi connectivity index (χ4n) is 3.37. The SMILES string of the molecule is CCNC(CN(CCOC)C(C)C1CC1)(C(=O)O)C1CC1. The monoisotopic (exact) mass is 298 g/mol. The molecular weight excluding hydrogens is 268 g/mol. The molecule has 2 atom stereocenters. The Morgan fingerprint density at radius 1 is 1.43 bits per heavy atom. The van der Waals surface area contributed by atoms with Crippen molar-refractivity contribution < 1.29 is 14.6 Å². The second-order valence-electron chi connectivity index (χ2n) is 6.62. The zero-order valence-electron chi connectivity index (χ0n) is 13.6. The average molecular weight is 298 g/mol. The zero-order valence-corrected chi connectivity index (χ0v) is 13.6. The molecule has 5 heteroatoms. The topological polar surface area (TPSA) is 61.8 Å². The van der Waals surface area contributed by atoms with Crippen molar-refractivity contribution in [2.24, 2.45) is 11.8 Å². The largest absolute Gasteiger partial charge is 0.480 e. The molecule has 0 bridgehead atoms. The molecule has 122 valence electrons. The van der Waals surface area contributed by atoms with Crippen molar-refractivity contribution in [3.8, 4) is 0 Å². The molecule has 21 heavy (non-hydrogen) atoms. The zero-order chi connectivity index (χ0) is 15.5. The lowest BCUT2D eigenvalue weighted by molar-refractivity contribution is -0.147. The Labute approximate surface area is 128 Å². The van der Waals surface area contributed by atoms with E-state index in [-0.39, 0.29) is 5.92 Å². The Bertz CT molecular complexity index is 355. The highest BCUT2D eigenvalue weighted by atomic mass is 16.5. The minimum absolute atomic E-state index is 0.270. The van der Waals surface area contributed by atoms with Gasteiger partial charge in [0.15, 0.2) is 0 Å². The number of hydrogen-bond donors (Lipinski definition) is 2. The van der Waals surface area contributed by atoms with Gasteiger partial charge in [0.2, 0.25) is 0 Å². The summed E-state index contributed by atoms with van der Waals surface area (Å²) in [7, 11) is 1.70. The van der Waals surface area contributed by atoms with Crippen LogP contribution < -0.4 is 5.32 Å². The van der Waals surface area contributed by atoms with Crippen molar-refractivity contribution in [3.05, 3.63) is 0 Å². The van der Waals surface area contributed by atoms with Gasteiger partial charge in [0.1, 0.15) is 5.54 Å². The van der Waals surface area contributed by atoms with Crippen LogP contribution in [0.4, 0.5) is 0 Å². The Kier molecular flexibility index (Phi) is 5.63. The lowest BCUT2D eigenvalue weighted by Gasteiger charge is -2.39. The Hall–Kier alpha value is -0.650. The van der Waals surface area contributed by atoms with E-state index in [0.29, 0.717) is 25.7 Å². The van der Waals surface area contributed by atoms with Crippen molar-refractivity contribution in [1.29, 1.82) is 0 Å². The standard InChI is InChI=1S/C16H30N2O3/c1-4-17-16(15(19)20,14-7-8-14)11-18(9-10-21-3)12(2)13-5-6-13/h12-14,17H,4-11H2,1-3H3,(H,19,20). The highest BCUT2D eigenvalue weighted by molar-refractivity contribution is 5.80. The number of nitrogens with one attached hydrogen (secondary N) is 1. The molecule has 0 aromatic carbocycles. The smallest absolute Gasteiger partial charge is 0.325 e. The summed E-state index contributed by atoms with van der Waals surface area (Å²) >= 11 is 0. The van der Waals surface area contributed by atoms with E-state index < -0.39 is 11.5 Å². The number of likely N-dealkylation sites (N-methyl/N-ethyl adjacent to an activating group) is 1. The van der Waals surface area contributed by atoms with E-state index in [9.17, 15) is 9.90 Å². The molecule has 2 N–H and O–H groups in total. The van der Waals surface area contributed by atoms with Gasteiger partial charge in [-0.1, -0.05) is 6.92 Å². The van der Waals surface area contributed by atoms with Gasteiger partial charge in [0.25, 0.3) is 0 Å². The molecule has 0 heterocycles. The van der Waals surface area contributed by atoms with Crippen molar-refractivity contribution >= 4 is 5.97 Å². The fraction of sp³-hybridized carbons (Fsp3) is 0.938. The fourth-order valence-corrected chi connectivity index (χ4v) is 3.37. The molecule has 0 spiro atoms. The number of methoxy groups -OCH3 is 1. The predicted molar refractivity (Wildman–Crippen MR) is 82.4 cm³/mol. The second-order valence-corrected chi connectivity index (χ2v) is 6.62. The minimum atomic E-state index is -0.786. The second kappa shape index (κ2) is 7.07. The third kappa shape index (κ3) is 3.96. The highest BCUT2D eigenvalue weighted by Gasteiger charge is 2.52. The summed E-state index contributed by atoms with van der Waals surface area (Å²) < 4.78 is 5.22. The first-order valence-electron chi connectivity index (χ1n) is 8.26. The number of nitrogens with zero attached hydrogens (tertiary/aromatic N) is 1. The molecule has 0 aliphatic heterocycles. The Balaban J connectivity index is 2.10. The van der Waals surface area contributed by atoms with Crippen molar-refractivity contribution in [2.75, 3.05) is 33.4 Å². The molecule has 0 radical (unpaired) electrons. The van der Waals surface area contributed by atoms with Gasteiger partial charge in [0, 0.05) is 26.2 Å². The van der Waals surface area contributed by atoms with Gasteiger partial charge in [-0.2, -0.15) is 0 Å². The molecule has 2 saturated carbocycles. The van der Waals surface area contributed by atoms with Crippen molar-refractivity contribution in [1.82, 2.24) is 10.2 Å². The van der Waals surface area contributed by atoms with E-state index in [4.69, 9.17) is 4.74 Å². The third-order valence-corrected chi connectivity index (χ3v) is 5.06. The molecule has 2 aliphatic rings. The van der Waals surface area contributed by atoms with Crippen LogP contribution in [-0.2, 0) is 9.53 Å². The Morgan fingerprint density at radius 2 is 2.10 bits per heavy atom. The summed E-state index contributed by atoms with van der Waals surface area (Å²) in [5, 5.41) is 13.2. The summed E-state index contributed by atoms with van der Waals surface area (Å²) in [6.07, 6.45) is 4.59. The number of carbonyl (C=O) groups is 1. The van der Waals surface area contributed by atoms with Crippen molar-refractivity contribution in [3.63, 3.8) is 0 Å². The molecule has 2 rings (SSSR count). The Morgan fingerprint density at radius 3 is 2.52 bits per heavy atom. The van der Waals surface area contributed by atoms with Crippen LogP contribution in [0.1, 0.15) is 39.5 Å². The molecule has 0 amide bonds. The quantitative estimate of drug-likeness (QED) is 0.606. The first kappa shape index (κ1) is 16.7. The number of carboxylic acids is 1. The van der Waals surface area contributed by atoms with Crippen LogP contribution in [0.2, 0.25) is 0 Å². The average Bonchev–Trinajstić information content (AvgIpc) is 3.30. The van der Waals surface area contributed by atoms with Crippen LogP contribution in [0.3, 0.4) is 0 Å². The molecule has 0 saturated heterocycles. The third-order valence-electron chi connectivity index (χ3n) is 5.06. The number of carboxylic acid groups (broad SMARTS) is 1. The summed E-state index contributed by atoms with van der Waals surface area (Å²) in [4.78, 5) is 14.3. The van der Waals surface area contributed by atoms with E-state index in [1.54, 1.807) is 7.11 Å². The van der Waals surface area contributed by atoms with Gasteiger partial charge in [-0.05, 0) is 51.0 Å². The summed E-state index contributed by atoms with van der Waals surface area (Å²) in [5.41, 5.74) is -0.786. The van der Waals surface area contributed by atoms with Crippen LogP contribution >= 0.6 is 0 Å². The van der Waals surface area contributed by atoms with Gasteiger partial charge >= 0.3 is 5.97 Å². The molecule has 0 aromatic rings. The van der Waals surface area contributed by atoms with Crippen LogP contribution in [0.5, 0.6) is 0 Å². The van der Waals surface area contributed by atoms with E-state index in [0.717, 1.165) is 25.3 Å². The number of hydrogen-bond acceptors (Lipinski definition) is 4. The first-order valence-corrected chi connectivity index (χ1v) is 8.26. The van der Waals surface area contributed by atoms with Gasteiger partial charge in [-0.25, -0.2) is 0 Å². The lowest BCUT2D eigenvalue weighted by Crippen LogP contribution is -2.62. The van der Waals surface area contributed by atoms with E-state index in [2.05, 4.69) is 17.1 Å². The first-order chi connectivity index (χ1) is 10.0. The normalized spacial score (nSPS) is 23.0. The molecule has 5 nitrogen and oxygen atoms in total. The predicted octanol–water partition coefficient (Wildman–Crippen LogP) is 1.58. The maximum absolute atomic E-state index is 12.0. The van der Waals surface area contributed by atoms with Crippen LogP contribution in [-0.4, -0.2) is 60.9 Å². The number of aliphatic carboxylic acids is 1. The molecular formula is C16H30N2O3. The van der Waals surface area contributed by atoms with E-state index in [1.807, 2.05) is 6.92 Å². The summed E-state index contributed by atoms with van der Waals surface area (Å²) in [6.45, 7) is 6.97. The molecule has 0 aromatic heterocycles. The van der Waals surface area contributed by atoms with E-state index >= 15 is 0 Å². The van der Waals surface area contributed by atoms with Gasteiger partial charge < -0.3 is 15.2 Å². The molecule has 2 aliphatic carbocycles. The molecule has 2 fully saturated rings. The van der Waals surface area contributed by atoms with Gasteiger partial charge in [-0.3, -0.25) is 9.69 Å². The summed E-state index contributed by atoms with van der Waals surface area (Å²) in [5.74, 6) is 0.304. The number of rotatable bonds is 11. The van der Waals surface area contributed by atoms with Gasteiger partial charge in [-0.15, -0.1) is 0 Å². The van der Waals surface area contributed by atoms with E-state index in [1.165, 1.54) is 12.8 Å². The lowest BCUT2D eigenvalue weighted by atomic mass is 9.91. The van der Waals surface area contributed by atoms with Crippen LogP contribution in [0, 0.1) is 11.8 Å². The minimum Gasteiger partial charge on any atom is -0.480 e. The maximum atomic E-state index is 12.0. The molecule has 2 unspecified atom stereocenters.